The zero-order valence-electron chi connectivity index (χ0n) is 10.9. The zero-order chi connectivity index (χ0) is 13.3. The molecule has 6 heteroatoms. The van der Waals surface area contributed by atoms with E-state index in [-0.39, 0.29) is 0 Å². The Bertz CT molecular complexity index is 449. The minimum atomic E-state index is -0.810. The number of rotatable bonds is 3. The van der Waals surface area contributed by atoms with E-state index in [9.17, 15) is 5.11 Å². The van der Waals surface area contributed by atoms with Crippen LogP contribution in [0.15, 0.2) is 29.4 Å². The van der Waals surface area contributed by atoms with Crippen LogP contribution >= 0.6 is 0 Å². The predicted octanol–water partition coefficient (Wildman–Crippen LogP) is 0.368. The number of β-amino-alcohol motifs (C(OH)–C–C–N with tert-alkyl or cyclic N) is 1. The van der Waals surface area contributed by atoms with E-state index in [0.29, 0.717) is 6.54 Å². The molecule has 0 spiro atoms. The Labute approximate surface area is 107 Å². The van der Waals surface area contributed by atoms with Gasteiger partial charge in [0, 0.05) is 18.3 Å². The number of hydrogen-bond donors (Lipinski definition) is 3. The predicted molar refractivity (Wildman–Crippen MR) is 71.3 cm³/mol. The van der Waals surface area contributed by atoms with Gasteiger partial charge >= 0.3 is 0 Å². The monoisotopic (exact) mass is 249 g/mol. The molecule has 2 rings (SSSR count). The van der Waals surface area contributed by atoms with Gasteiger partial charge in [0.2, 0.25) is 0 Å². The van der Waals surface area contributed by atoms with Gasteiger partial charge in [-0.15, -0.1) is 10.2 Å². The van der Waals surface area contributed by atoms with Crippen LogP contribution in [0.3, 0.4) is 0 Å². The van der Waals surface area contributed by atoms with E-state index in [1.807, 2.05) is 31.3 Å². The Morgan fingerprint density at radius 1 is 1.33 bits per heavy atom. The number of nitrogens with one attached hydrogen (secondary N) is 1. The Hall–Kier alpha value is -1.79. The summed E-state index contributed by atoms with van der Waals surface area (Å²) in [5, 5.41) is 17.7. The number of nitrogens with two attached hydrogens (primary N) is 1. The molecule has 0 saturated heterocycles. The largest absolute Gasteiger partial charge is 0.399 e. The van der Waals surface area contributed by atoms with Crippen molar-refractivity contribution >= 4 is 11.5 Å². The molecular formula is C12H19N5O. The van der Waals surface area contributed by atoms with Gasteiger partial charge in [-0.3, -0.25) is 5.43 Å². The van der Waals surface area contributed by atoms with Crippen LogP contribution in [0.4, 0.5) is 5.69 Å². The summed E-state index contributed by atoms with van der Waals surface area (Å²) < 4.78 is 0. The summed E-state index contributed by atoms with van der Waals surface area (Å²) >= 11 is 0. The standard InChI is InChI=1S/C12H19N5O/c1-12(2,18)8-17-15-11(14-16(17)3)9-4-6-10(13)7-5-9/h4-7,18H,8,13H2,1-3H3,(H,14,15). The fourth-order valence-electron chi connectivity index (χ4n) is 1.67. The van der Waals surface area contributed by atoms with Crippen LogP contribution in [0.2, 0.25) is 0 Å². The topological polar surface area (TPSA) is 77.1 Å². The van der Waals surface area contributed by atoms with Crippen LogP contribution in [0.1, 0.15) is 19.4 Å². The van der Waals surface area contributed by atoms with Crippen molar-refractivity contribution in [1.82, 2.24) is 15.7 Å². The van der Waals surface area contributed by atoms with Crippen LogP contribution in [-0.4, -0.2) is 40.4 Å². The van der Waals surface area contributed by atoms with Crippen molar-refractivity contribution in [3.8, 4) is 0 Å². The molecule has 18 heavy (non-hydrogen) atoms. The van der Waals surface area contributed by atoms with Gasteiger partial charge in [0.25, 0.3) is 0 Å². The van der Waals surface area contributed by atoms with Gasteiger partial charge in [-0.1, -0.05) is 0 Å². The maximum atomic E-state index is 9.81. The van der Waals surface area contributed by atoms with Crippen molar-refractivity contribution in [1.29, 1.82) is 0 Å². The first-order valence-electron chi connectivity index (χ1n) is 5.80. The van der Waals surface area contributed by atoms with E-state index in [2.05, 4.69) is 10.5 Å². The second-order valence-corrected chi connectivity index (χ2v) is 5.05. The minimum Gasteiger partial charge on any atom is -0.399 e. The molecule has 98 valence electrons. The summed E-state index contributed by atoms with van der Waals surface area (Å²) in [6, 6.07) is 7.47. The van der Waals surface area contributed by atoms with Crippen molar-refractivity contribution in [2.24, 2.45) is 5.10 Å². The summed E-state index contributed by atoms with van der Waals surface area (Å²) in [6.45, 7) is 3.91. The molecule has 0 aromatic heterocycles. The normalized spacial score (nSPS) is 16.7. The van der Waals surface area contributed by atoms with E-state index >= 15 is 0 Å². The Morgan fingerprint density at radius 2 is 1.94 bits per heavy atom. The van der Waals surface area contributed by atoms with Crippen molar-refractivity contribution < 1.29 is 5.11 Å². The highest BCUT2D eigenvalue weighted by Crippen LogP contribution is 2.14. The van der Waals surface area contributed by atoms with Crippen LogP contribution < -0.4 is 11.2 Å². The van der Waals surface area contributed by atoms with Crippen LogP contribution in [0, 0.1) is 0 Å². The lowest BCUT2D eigenvalue weighted by molar-refractivity contribution is -0.0631. The SMILES string of the molecule is CN1NC(c2ccc(N)cc2)=NN1CC(C)(C)O. The average molecular weight is 249 g/mol. The van der Waals surface area contributed by atoms with Gasteiger partial charge in [0.05, 0.1) is 12.1 Å². The third-order valence-corrected chi connectivity index (χ3v) is 2.54. The van der Waals surface area contributed by atoms with Crippen LogP contribution in [0.5, 0.6) is 0 Å². The minimum absolute atomic E-state index is 0.412. The highest BCUT2D eigenvalue weighted by atomic mass is 16.3. The molecule has 0 amide bonds. The van der Waals surface area contributed by atoms with Gasteiger partial charge in [0.15, 0.2) is 5.84 Å². The fourth-order valence-corrected chi connectivity index (χ4v) is 1.67. The van der Waals surface area contributed by atoms with Crippen molar-refractivity contribution in [3.05, 3.63) is 29.8 Å². The molecule has 1 aromatic rings. The first-order chi connectivity index (χ1) is 8.35. The van der Waals surface area contributed by atoms with E-state index in [1.54, 1.807) is 24.1 Å². The molecular weight excluding hydrogens is 230 g/mol. The van der Waals surface area contributed by atoms with E-state index in [1.165, 1.54) is 0 Å². The zero-order valence-corrected chi connectivity index (χ0v) is 10.9. The Kier molecular flexibility index (Phi) is 3.14. The number of anilines is 1. The second kappa shape index (κ2) is 4.47. The van der Waals surface area contributed by atoms with Gasteiger partial charge in [-0.05, 0) is 38.1 Å². The Balaban J connectivity index is 2.16. The van der Waals surface area contributed by atoms with Crippen LogP contribution in [0.25, 0.3) is 0 Å². The molecule has 1 aromatic carbocycles. The summed E-state index contributed by atoms with van der Waals surface area (Å²) in [5.41, 5.74) is 9.63. The molecule has 0 unspecified atom stereocenters. The summed E-state index contributed by atoms with van der Waals surface area (Å²) in [6.07, 6.45) is 0. The summed E-state index contributed by atoms with van der Waals surface area (Å²) in [4.78, 5) is 0. The molecule has 1 aliphatic heterocycles. The van der Waals surface area contributed by atoms with Gasteiger partial charge < -0.3 is 10.8 Å². The number of nitrogen functional groups attached to an aromatic ring is 1. The number of benzene rings is 1. The molecule has 6 nitrogen and oxygen atoms in total. The summed E-state index contributed by atoms with van der Waals surface area (Å²) in [5.74, 6) is 0.738. The van der Waals surface area contributed by atoms with Gasteiger partial charge in [-0.2, -0.15) is 0 Å². The van der Waals surface area contributed by atoms with E-state index < -0.39 is 5.60 Å². The molecule has 1 heterocycles. The number of hydrazine groups is 2. The molecule has 0 radical (unpaired) electrons. The number of hydrazone groups is 1. The number of nitrogens with zero attached hydrogens (tertiary/aromatic N) is 3. The molecule has 1 aliphatic rings. The highest BCUT2D eigenvalue weighted by molar-refractivity contribution is 5.99. The van der Waals surface area contributed by atoms with Gasteiger partial charge in [0.1, 0.15) is 0 Å². The van der Waals surface area contributed by atoms with E-state index in [0.717, 1.165) is 17.1 Å². The third kappa shape index (κ3) is 2.91. The maximum Gasteiger partial charge on any atom is 0.170 e. The molecule has 0 saturated carbocycles. The molecule has 0 aliphatic carbocycles. The average Bonchev–Trinajstić information content (AvgIpc) is 2.59. The lowest BCUT2D eigenvalue weighted by Gasteiger charge is -2.27. The molecule has 0 atom stereocenters. The molecule has 0 bridgehead atoms. The lowest BCUT2D eigenvalue weighted by Crippen LogP contribution is -2.46. The lowest BCUT2D eigenvalue weighted by atomic mass is 10.1. The first kappa shape index (κ1) is 12.7. The van der Waals surface area contributed by atoms with Gasteiger partial charge in [-0.25, -0.2) is 5.12 Å². The third-order valence-electron chi connectivity index (χ3n) is 2.54. The van der Waals surface area contributed by atoms with Crippen molar-refractivity contribution in [3.63, 3.8) is 0 Å². The quantitative estimate of drug-likeness (QED) is 0.675. The molecule has 0 fully saturated rings. The molecule has 4 N–H and O–H groups in total. The van der Waals surface area contributed by atoms with Crippen LogP contribution in [-0.2, 0) is 0 Å². The first-order valence-corrected chi connectivity index (χ1v) is 5.80. The Morgan fingerprint density at radius 3 is 2.50 bits per heavy atom. The van der Waals surface area contributed by atoms with Crippen molar-refractivity contribution in [2.75, 3.05) is 19.3 Å². The van der Waals surface area contributed by atoms with E-state index in [4.69, 9.17) is 5.73 Å². The fraction of sp³-hybridized carbons (Fsp3) is 0.417. The smallest absolute Gasteiger partial charge is 0.170 e. The second-order valence-electron chi connectivity index (χ2n) is 5.05. The summed E-state index contributed by atoms with van der Waals surface area (Å²) in [7, 11) is 1.85. The number of amidine groups is 1. The number of hydrogen-bond acceptors (Lipinski definition) is 6. The highest BCUT2D eigenvalue weighted by Gasteiger charge is 2.26. The van der Waals surface area contributed by atoms with Crippen molar-refractivity contribution in [2.45, 2.75) is 19.4 Å². The number of aliphatic hydroxyl groups is 1. The maximum absolute atomic E-state index is 9.81.